The number of carbonyl (C=O) groups is 1. The molecule has 0 aliphatic carbocycles. The third-order valence-electron chi connectivity index (χ3n) is 4.82. The van der Waals surface area contributed by atoms with Crippen LogP contribution < -0.4 is 5.56 Å². The number of amides is 1. The fourth-order valence-corrected chi connectivity index (χ4v) is 3.39. The molecule has 1 aromatic carbocycles. The van der Waals surface area contributed by atoms with E-state index in [-0.39, 0.29) is 18.0 Å². The zero-order chi connectivity index (χ0) is 17.9. The van der Waals surface area contributed by atoms with Gasteiger partial charge >= 0.3 is 0 Å². The van der Waals surface area contributed by atoms with E-state index in [2.05, 4.69) is 10.1 Å². The summed E-state index contributed by atoms with van der Waals surface area (Å²) in [6.07, 6.45) is 7.35. The minimum absolute atomic E-state index is 0.0226. The van der Waals surface area contributed by atoms with Crippen molar-refractivity contribution in [3.63, 3.8) is 0 Å². The van der Waals surface area contributed by atoms with Gasteiger partial charge in [-0.1, -0.05) is 31.0 Å². The smallest absolute Gasteiger partial charge is 0.264 e. The molecule has 1 aliphatic heterocycles. The molecule has 3 heterocycles. The van der Waals surface area contributed by atoms with Gasteiger partial charge in [0.1, 0.15) is 18.3 Å². The Hall–Kier alpha value is -2.96. The van der Waals surface area contributed by atoms with Gasteiger partial charge in [-0.15, -0.1) is 0 Å². The van der Waals surface area contributed by atoms with Crippen LogP contribution in [0.3, 0.4) is 0 Å². The first-order valence-corrected chi connectivity index (χ1v) is 9.00. The number of para-hydroxylation sites is 1. The summed E-state index contributed by atoms with van der Waals surface area (Å²) in [5.41, 5.74) is 1.10. The number of fused-ring (bicyclic) bond motifs is 1. The van der Waals surface area contributed by atoms with Gasteiger partial charge in [-0.05, 0) is 25.0 Å². The van der Waals surface area contributed by atoms with Crippen molar-refractivity contribution in [3.8, 4) is 5.69 Å². The minimum atomic E-state index is -0.236. The highest BCUT2D eigenvalue weighted by Crippen LogP contribution is 2.13. The van der Waals surface area contributed by atoms with Crippen molar-refractivity contribution in [1.29, 1.82) is 0 Å². The van der Waals surface area contributed by atoms with Gasteiger partial charge in [-0.3, -0.25) is 14.2 Å². The van der Waals surface area contributed by atoms with Crippen molar-refractivity contribution >= 4 is 16.9 Å². The summed E-state index contributed by atoms with van der Waals surface area (Å²) < 4.78 is 3.02. The van der Waals surface area contributed by atoms with Crippen LogP contribution in [0.15, 0.2) is 47.7 Å². The Kier molecular flexibility index (Phi) is 4.51. The molecule has 1 saturated heterocycles. The summed E-state index contributed by atoms with van der Waals surface area (Å²) in [4.78, 5) is 31.6. The molecule has 4 rings (SSSR count). The molecule has 1 aliphatic rings. The van der Waals surface area contributed by atoms with Crippen LogP contribution >= 0.6 is 0 Å². The van der Waals surface area contributed by atoms with Gasteiger partial charge in [-0.2, -0.15) is 5.10 Å². The number of carbonyl (C=O) groups excluding carboxylic acids is 1. The third-order valence-corrected chi connectivity index (χ3v) is 4.82. The first-order valence-electron chi connectivity index (χ1n) is 9.00. The van der Waals surface area contributed by atoms with Crippen LogP contribution in [-0.4, -0.2) is 43.2 Å². The number of aromatic nitrogens is 4. The van der Waals surface area contributed by atoms with Crippen LogP contribution in [0.4, 0.5) is 0 Å². The van der Waals surface area contributed by atoms with Gasteiger partial charge < -0.3 is 4.90 Å². The number of nitrogens with zero attached hydrogens (tertiary/aromatic N) is 5. The molecule has 2 aromatic heterocycles. The Morgan fingerprint density at radius 1 is 1.04 bits per heavy atom. The van der Waals surface area contributed by atoms with E-state index in [1.54, 1.807) is 4.68 Å². The van der Waals surface area contributed by atoms with Gasteiger partial charge in [-0.25, -0.2) is 9.67 Å². The fourth-order valence-electron chi connectivity index (χ4n) is 3.39. The molecule has 7 nitrogen and oxygen atoms in total. The lowest BCUT2D eigenvalue weighted by Crippen LogP contribution is -2.37. The second kappa shape index (κ2) is 7.11. The van der Waals surface area contributed by atoms with E-state index in [9.17, 15) is 9.59 Å². The van der Waals surface area contributed by atoms with Gasteiger partial charge in [0.15, 0.2) is 5.65 Å². The van der Waals surface area contributed by atoms with E-state index >= 15 is 0 Å². The molecular weight excluding hydrogens is 330 g/mol. The Balaban J connectivity index is 1.62. The molecule has 1 fully saturated rings. The fraction of sp³-hybridized carbons (Fsp3) is 0.368. The maximum atomic E-state index is 12.8. The summed E-state index contributed by atoms with van der Waals surface area (Å²) in [5, 5.41) is 4.71. The maximum Gasteiger partial charge on any atom is 0.264 e. The highest BCUT2D eigenvalue weighted by molar-refractivity contribution is 5.78. The molecule has 0 saturated carbocycles. The zero-order valence-electron chi connectivity index (χ0n) is 14.5. The second-order valence-corrected chi connectivity index (χ2v) is 6.60. The SMILES string of the molecule is O=C(Cn1cnc2c(cnn2-c2ccccc2)c1=O)N1CCCCCC1. The molecular formula is C19H21N5O2. The number of rotatable bonds is 3. The molecule has 0 unspecified atom stereocenters. The van der Waals surface area contributed by atoms with E-state index in [0.29, 0.717) is 11.0 Å². The predicted octanol–water partition coefficient (Wildman–Crippen LogP) is 1.98. The monoisotopic (exact) mass is 351 g/mol. The minimum Gasteiger partial charge on any atom is -0.341 e. The summed E-state index contributed by atoms with van der Waals surface area (Å²) in [7, 11) is 0. The summed E-state index contributed by atoms with van der Waals surface area (Å²) in [6, 6.07) is 9.54. The first kappa shape index (κ1) is 16.5. The third kappa shape index (κ3) is 3.12. The van der Waals surface area contributed by atoms with Crippen molar-refractivity contribution in [1.82, 2.24) is 24.2 Å². The van der Waals surface area contributed by atoms with Gasteiger partial charge in [0, 0.05) is 13.1 Å². The highest BCUT2D eigenvalue weighted by Gasteiger charge is 2.18. The van der Waals surface area contributed by atoms with Crippen molar-refractivity contribution in [2.75, 3.05) is 13.1 Å². The van der Waals surface area contributed by atoms with Crippen LogP contribution in [0, 0.1) is 0 Å². The highest BCUT2D eigenvalue weighted by atomic mass is 16.2. The van der Waals surface area contributed by atoms with Crippen molar-refractivity contribution < 1.29 is 4.79 Å². The van der Waals surface area contributed by atoms with E-state index in [4.69, 9.17) is 0 Å². The van der Waals surface area contributed by atoms with Crippen molar-refractivity contribution in [3.05, 3.63) is 53.2 Å². The molecule has 1 amide bonds. The molecule has 26 heavy (non-hydrogen) atoms. The molecule has 0 atom stereocenters. The first-order chi connectivity index (χ1) is 12.7. The molecule has 3 aromatic rings. The quantitative estimate of drug-likeness (QED) is 0.723. The average molecular weight is 351 g/mol. The number of benzene rings is 1. The lowest BCUT2D eigenvalue weighted by Gasteiger charge is -2.20. The molecule has 7 heteroatoms. The molecule has 0 N–H and O–H groups in total. The maximum absolute atomic E-state index is 12.8. The van der Waals surface area contributed by atoms with Crippen molar-refractivity contribution in [2.24, 2.45) is 0 Å². The lowest BCUT2D eigenvalue weighted by molar-refractivity contribution is -0.131. The molecule has 0 bridgehead atoms. The van der Waals surface area contributed by atoms with Gasteiger partial charge in [0.25, 0.3) is 5.56 Å². The Morgan fingerprint density at radius 3 is 2.50 bits per heavy atom. The number of likely N-dealkylation sites (tertiary alicyclic amines) is 1. The number of hydrogen-bond donors (Lipinski definition) is 0. The van der Waals surface area contributed by atoms with Crippen LogP contribution in [0.1, 0.15) is 25.7 Å². The normalized spacial score (nSPS) is 15.2. The summed E-state index contributed by atoms with van der Waals surface area (Å²) in [6.45, 7) is 1.57. The topological polar surface area (TPSA) is 73.0 Å². The Labute approximate surface area is 150 Å². The summed E-state index contributed by atoms with van der Waals surface area (Å²) in [5.74, 6) is -0.0226. The standard InChI is InChI=1S/C19H21N5O2/c25-17(22-10-6-1-2-7-11-22)13-23-14-20-18-16(19(23)26)12-21-24(18)15-8-4-3-5-9-15/h3-5,8-9,12,14H,1-2,6-7,10-11,13H2. The Morgan fingerprint density at radius 2 is 1.77 bits per heavy atom. The molecule has 0 radical (unpaired) electrons. The van der Waals surface area contributed by atoms with E-state index in [1.165, 1.54) is 17.1 Å². The van der Waals surface area contributed by atoms with E-state index in [0.717, 1.165) is 44.5 Å². The lowest BCUT2D eigenvalue weighted by atomic mass is 10.2. The van der Waals surface area contributed by atoms with Gasteiger partial charge in [0.2, 0.25) is 5.91 Å². The predicted molar refractivity (Wildman–Crippen MR) is 98.2 cm³/mol. The van der Waals surface area contributed by atoms with Gasteiger partial charge in [0.05, 0.1) is 11.9 Å². The number of hydrogen-bond acceptors (Lipinski definition) is 4. The summed E-state index contributed by atoms with van der Waals surface area (Å²) >= 11 is 0. The van der Waals surface area contributed by atoms with Crippen LogP contribution in [-0.2, 0) is 11.3 Å². The van der Waals surface area contributed by atoms with Crippen LogP contribution in [0.5, 0.6) is 0 Å². The molecule has 134 valence electrons. The molecule has 0 spiro atoms. The second-order valence-electron chi connectivity index (χ2n) is 6.60. The van der Waals surface area contributed by atoms with E-state index < -0.39 is 0 Å². The Bertz CT molecular complexity index is 969. The largest absolute Gasteiger partial charge is 0.341 e. The van der Waals surface area contributed by atoms with E-state index in [1.807, 2.05) is 35.2 Å². The van der Waals surface area contributed by atoms with Crippen LogP contribution in [0.25, 0.3) is 16.7 Å². The zero-order valence-corrected chi connectivity index (χ0v) is 14.5. The average Bonchev–Trinajstić information content (AvgIpc) is 2.91. The van der Waals surface area contributed by atoms with Crippen molar-refractivity contribution in [2.45, 2.75) is 32.2 Å². The van der Waals surface area contributed by atoms with Crippen LogP contribution in [0.2, 0.25) is 0 Å².